The van der Waals surface area contributed by atoms with Gasteiger partial charge in [0.2, 0.25) is 0 Å². The molecule has 0 amide bonds. The number of likely N-dealkylation sites (N-methyl/N-ethyl adjacent to an activating group) is 1. The Kier molecular flexibility index (Phi) is 5.33. The van der Waals surface area contributed by atoms with Crippen molar-refractivity contribution >= 4 is 17.4 Å². The lowest BCUT2D eigenvalue weighted by Crippen LogP contribution is -2.31. The molecule has 0 bridgehead atoms. The minimum absolute atomic E-state index is 0.430. The average Bonchev–Trinajstić information content (AvgIpc) is 2.34. The summed E-state index contributed by atoms with van der Waals surface area (Å²) in [6.07, 6.45) is 1.99. The van der Waals surface area contributed by atoms with Gasteiger partial charge in [0, 0.05) is 17.5 Å². The largest absolute Gasteiger partial charge is 0.382 e. The minimum Gasteiger partial charge on any atom is -0.382 e. The van der Waals surface area contributed by atoms with Crippen molar-refractivity contribution in [2.45, 2.75) is 17.9 Å². The third-order valence-corrected chi connectivity index (χ3v) is 3.61. The molecule has 1 aromatic rings. The molecule has 1 unspecified atom stereocenters. The van der Waals surface area contributed by atoms with Crippen LogP contribution in [0.3, 0.4) is 0 Å². The van der Waals surface area contributed by atoms with E-state index >= 15 is 0 Å². The molecule has 0 aliphatic rings. The van der Waals surface area contributed by atoms with Crippen LogP contribution >= 0.6 is 11.8 Å². The molecular formula is C13H19N3S. The first kappa shape index (κ1) is 13.9. The van der Waals surface area contributed by atoms with Crippen LogP contribution in [0, 0.1) is 11.3 Å². The molecule has 0 radical (unpaired) electrons. The van der Waals surface area contributed by atoms with Crippen LogP contribution in [0.2, 0.25) is 0 Å². The summed E-state index contributed by atoms with van der Waals surface area (Å²) < 4.78 is 0. The van der Waals surface area contributed by atoms with Crippen molar-refractivity contribution in [1.82, 2.24) is 4.90 Å². The minimum atomic E-state index is 0.430. The van der Waals surface area contributed by atoms with Crippen LogP contribution in [-0.2, 0) is 0 Å². The normalized spacial score (nSPS) is 12.2. The molecule has 0 aliphatic carbocycles. The Morgan fingerprint density at radius 1 is 1.47 bits per heavy atom. The number of benzene rings is 1. The summed E-state index contributed by atoms with van der Waals surface area (Å²) in [5.41, 5.74) is 1.67. The second-order valence-corrected chi connectivity index (χ2v) is 5.04. The Labute approximate surface area is 108 Å². The summed E-state index contributed by atoms with van der Waals surface area (Å²) in [6, 6.07) is 8.62. The first-order chi connectivity index (χ1) is 8.10. The number of nitrogens with one attached hydrogen (secondary N) is 1. The van der Waals surface area contributed by atoms with Gasteiger partial charge < -0.3 is 10.2 Å². The summed E-state index contributed by atoms with van der Waals surface area (Å²) in [7, 11) is 4.10. The molecular weight excluding hydrogens is 230 g/mol. The Morgan fingerprint density at radius 3 is 2.71 bits per heavy atom. The highest BCUT2D eigenvalue weighted by molar-refractivity contribution is 7.98. The Bertz CT molecular complexity index is 410. The van der Waals surface area contributed by atoms with Crippen LogP contribution in [0.4, 0.5) is 5.69 Å². The lowest BCUT2D eigenvalue weighted by molar-refractivity contribution is 0.326. The van der Waals surface area contributed by atoms with E-state index in [-0.39, 0.29) is 0 Å². The summed E-state index contributed by atoms with van der Waals surface area (Å²) in [5, 5.41) is 12.5. The number of hydrogen-bond acceptors (Lipinski definition) is 4. The van der Waals surface area contributed by atoms with E-state index in [1.54, 1.807) is 11.8 Å². The van der Waals surface area contributed by atoms with Gasteiger partial charge in [-0.15, -0.1) is 11.8 Å². The van der Waals surface area contributed by atoms with Crippen molar-refractivity contribution in [2.75, 3.05) is 32.2 Å². The van der Waals surface area contributed by atoms with Crippen LogP contribution in [0.1, 0.15) is 12.5 Å². The van der Waals surface area contributed by atoms with Gasteiger partial charge in [-0.1, -0.05) is 6.07 Å². The molecule has 3 nitrogen and oxygen atoms in total. The molecule has 4 heteroatoms. The number of rotatable bonds is 5. The molecule has 0 aromatic heterocycles. The molecule has 0 fully saturated rings. The summed E-state index contributed by atoms with van der Waals surface area (Å²) in [4.78, 5) is 3.17. The fourth-order valence-corrected chi connectivity index (χ4v) is 1.98. The molecule has 1 aromatic carbocycles. The first-order valence-electron chi connectivity index (χ1n) is 5.57. The van der Waals surface area contributed by atoms with Gasteiger partial charge >= 0.3 is 0 Å². The third-order valence-electron chi connectivity index (χ3n) is 2.83. The van der Waals surface area contributed by atoms with E-state index in [0.29, 0.717) is 6.04 Å². The maximum absolute atomic E-state index is 9.19. The van der Waals surface area contributed by atoms with Crippen LogP contribution in [0.15, 0.2) is 23.1 Å². The van der Waals surface area contributed by atoms with E-state index in [9.17, 15) is 5.26 Å². The van der Waals surface area contributed by atoms with Crippen LogP contribution < -0.4 is 5.32 Å². The number of anilines is 1. The zero-order valence-corrected chi connectivity index (χ0v) is 11.6. The molecule has 0 saturated carbocycles. The molecule has 1 atom stereocenters. The van der Waals surface area contributed by atoms with E-state index in [1.807, 2.05) is 24.5 Å². The van der Waals surface area contributed by atoms with Crippen LogP contribution in [0.25, 0.3) is 0 Å². The number of nitriles is 1. The highest BCUT2D eigenvalue weighted by atomic mass is 32.2. The highest BCUT2D eigenvalue weighted by Gasteiger charge is 2.09. The second kappa shape index (κ2) is 6.53. The van der Waals surface area contributed by atoms with Crippen molar-refractivity contribution < 1.29 is 0 Å². The predicted molar refractivity (Wildman–Crippen MR) is 74.6 cm³/mol. The van der Waals surface area contributed by atoms with E-state index in [2.05, 4.69) is 37.3 Å². The van der Waals surface area contributed by atoms with Gasteiger partial charge in [-0.05, 0) is 39.4 Å². The van der Waals surface area contributed by atoms with Crippen molar-refractivity contribution in [2.24, 2.45) is 0 Å². The molecule has 92 valence electrons. The molecule has 0 aliphatic heterocycles. The van der Waals surface area contributed by atoms with Crippen molar-refractivity contribution in [1.29, 1.82) is 5.26 Å². The monoisotopic (exact) mass is 249 g/mol. The lowest BCUT2D eigenvalue weighted by atomic mass is 10.2. The summed E-state index contributed by atoms with van der Waals surface area (Å²) in [6.45, 7) is 2.98. The molecule has 0 saturated heterocycles. The first-order valence-corrected chi connectivity index (χ1v) is 6.80. The zero-order chi connectivity index (χ0) is 12.8. The second-order valence-electron chi connectivity index (χ2n) is 4.19. The molecule has 1 rings (SSSR count). The van der Waals surface area contributed by atoms with Gasteiger partial charge in [0.25, 0.3) is 0 Å². The van der Waals surface area contributed by atoms with Gasteiger partial charge in [-0.2, -0.15) is 5.26 Å². The van der Waals surface area contributed by atoms with E-state index in [1.165, 1.54) is 0 Å². The number of nitrogens with zero attached hydrogens (tertiary/aromatic N) is 2. The average molecular weight is 249 g/mol. The summed E-state index contributed by atoms with van der Waals surface area (Å²) in [5.74, 6) is 0. The van der Waals surface area contributed by atoms with Gasteiger partial charge in [0.1, 0.15) is 6.07 Å². The van der Waals surface area contributed by atoms with Gasteiger partial charge in [-0.3, -0.25) is 0 Å². The third kappa shape index (κ3) is 3.65. The highest BCUT2D eigenvalue weighted by Crippen LogP contribution is 2.26. The molecule has 0 spiro atoms. The van der Waals surface area contributed by atoms with Crippen LogP contribution in [-0.4, -0.2) is 37.8 Å². The van der Waals surface area contributed by atoms with Crippen LogP contribution in [0.5, 0.6) is 0 Å². The Balaban J connectivity index is 2.81. The predicted octanol–water partition coefficient (Wildman–Crippen LogP) is 2.64. The number of thioether (sulfide) groups is 1. The van der Waals surface area contributed by atoms with Gasteiger partial charge in [-0.25, -0.2) is 0 Å². The topological polar surface area (TPSA) is 39.1 Å². The molecule has 1 N–H and O–H groups in total. The maximum Gasteiger partial charge on any atom is 0.102 e. The summed E-state index contributed by atoms with van der Waals surface area (Å²) >= 11 is 1.60. The van der Waals surface area contributed by atoms with E-state index < -0.39 is 0 Å². The zero-order valence-electron chi connectivity index (χ0n) is 10.8. The smallest absolute Gasteiger partial charge is 0.102 e. The van der Waals surface area contributed by atoms with E-state index in [0.717, 1.165) is 22.7 Å². The van der Waals surface area contributed by atoms with Gasteiger partial charge in [0.15, 0.2) is 0 Å². The van der Waals surface area contributed by atoms with Gasteiger partial charge in [0.05, 0.1) is 11.3 Å². The molecule has 17 heavy (non-hydrogen) atoms. The standard InChI is InChI=1S/C13H19N3S/c1-10(16(2)3)9-15-12-6-5-7-13(17-4)11(12)8-14/h5-7,10,15H,9H2,1-4H3. The fraction of sp³-hybridized carbons (Fsp3) is 0.462. The van der Waals surface area contributed by atoms with E-state index in [4.69, 9.17) is 0 Å². The Morgan fingerprint density at radius 2 is 2.18 bits per heavy atom. The van der Waals surface area contributed by atoms with Crippen molar-refractivity contribution in [3.63, 3.8) is 0 Å². The fourth-order valence-electron chi connectivity index (χ4n) is 1.40. The Hall–Kier alpha value is -1.18. The quantitative estimate of drug-likeness (QED) is 0.814. The lowest BCUT2D eigenvalue weighted by Gasteiger charge is -2.21. The maximum atomic E-state index is 9.19. The number of hydrogen-bond donors (Lipinski definition) is 1. The molecule has 0 heterocycles. The van der Waals surface area contributed by atoms with Crippen molar-refractivity contribution in [3.8, 4) is 6.07 Å². The SMILES string of the molecule is CSc1cccc(NCC(C)N(C)C)c1C#N. The van der Waals surface area contributed by atoms with Crippen molar-refractivity contribution in [3.05, 3.63) is 23.8 Å².